The molecule has 4 aromatic carbocycles. The molecule has 0 saturated carbocycles. The first-order valence-corrected chi connectivity index (χ1v) is 12.1. The quantitative estimate of drug-likeness (QED) is 0.198. The van der Waals surface area contributed by atoms with Crippen LogP contribution in [0.25, 0.3) is 0 Å². The third kappa shape index (κ3) is 5.99. The monoisotopic (exact) mass is 478 g/mol. The average Bonchev–Trinajstić information content (AvgIpc) is 2.91. The van der Waals surface area contributed by atoms with Crippen molar-refractivity contribution in [3.8, 4) is 11.5 Å². The smallest absolute Gasteiger partial charge is 0.264 e. The van der Waals surface area contributed by atoms with E-state index in [1.54, 1.807) is 4.90 Å². The van der Waals surface area contributed by atoms with Gasteiger partial charge in [-0.05, 0) is 81.4 Å². The van der Waals surface area contributed by atoms with Crippen LogP contribution in [0.3, 0.4) is 0 Å². The summed E-state index contributed by atoms with van der Waals surface area (Å²) < 4.78 is 11.2. The van der Waals surface area contributed by atoms with Gasteiger partial charge in [-0.25, -0.2) is 4.99 Å². The van der Waals surface area contributed by atoms with Crippen LogP contribution >= 0.6 is 0 Å². The van der Waals surface area contributed by atoms with Gasteiger partial charge in [0.2, 0.25) is 0 Å². The molecule has 5 nitrogen and oxygen atoms in total. The minimum absolute atomic E-state index is 0.176. The maximum Gasteiger partial charge on any atom is 0.264 e. The summed E-state index contributed by atoms with van der Waals surface area (Å²) in [4.78, 5) is 20.6. The van der Waals surface area contributed by atoms with E-state index in [9.17, 15) is 4.79 Å². The molecular formula is C31H30N2O3. The molecule has 5 heteroatoms. The van der Waals surface area contributed by atoms with Gasteiger partial charge in [-0.15, -0.1) is 0 Å². The number of hydrogen-bond donors (Lipinski definition) is 0. The van der Waals surface area contributed by atoms with E-state index < -0.39 is 0 Å². The minimum atomic E-state index is -0.176. The highest BCUT2D eigenvalue weighted by atomic mass is 16.5. The molecular weight excluding hydrogens is 448 g/mol. The molecule has 0 bridgehead atoms. The fourth-order valence-corrected chi connectivity index (χ4v) is 3.76. The van der Waals surface area contributed by atoms with Crippen LogP contribution in [0.2, 0.25) is 0 Å². The number of carbonyl (C=O) groups excluding carboxylic acids is 1. The van der Waals surface area contributed by atoms with Crippen molar-refractivity contribution in [3.05, 3.63) is 120 Å². The van der Waals surface area contributed by atoms with Gasteiger partial charge in [-0.2, -0.15) is 0 Å². The van der Waals surface area contributed by atoms with E-state index in [0.717, 1.165) is 22.6 Å². The summed E-state index contributed by atoms with van der Waals surface area (Å²) in [6.45, 7) is 7.09. The van der Waals surface area contributed by atoms with E-state index in [1.165, 1.54) is 0 Å². The Morgan fingerprint density at radius 1 is 0.694 bits per heavy atom. The zero-order chi connectivity index (χ0) is 25.3. The van der Waals surface area contributed by atoms with Gasteiger partial charge in [0.05, 0.1) is 24.6 Å². The van der Waals surface area contributed by atoms with Crippen LogP contribution in [0.15, 0.2) is 108 Å². The molecule has 36 heavy (non-hydrogen) atoms. The molecule has 0 atom stereocenters. The Kier molecular flexibility index (Phi) is 8.14. The van der Waals surface area contributed by atoms with Crippen LogP contribution in [0, 0.1) is 6.92 Å². The summed E-state index contributed by atoms with van der Waals surface area (Å²) in [7, 11) is 0. The predicted octanol–water partition coefficient (Wildman–Crippen LogP) is 7.22. The fraction of sp³-hybridized carbons (Fsp3) is 0.161. The summed E-state index contributed by atoms with van der Waals surface area (Å²) in [5, 5.41) is 0. The SMILES string of the molecule is CCOc1ccc(N=C(c2ccc(C)cc2)N(C(=O)c2ccccc2)c2ccc(OCC)cc2)cc1. The van der Waals surface area contributed by atoms with Gasteiger partial charge in [0.1, 0.15) is 17.3 Å². The highest BCUT2D eigenvalue weighted by Gasteiger charge is 2.25. The largest absolute Gasteiger partial charge is 0.494 e. The molecule has 4 rings (SSSR count). The van der Waals surface area contributed by atoms with E-state index >= 15 is 0 Å². The Balaban J connectivity index is 1.87. The van der Waals surface area contributed by atoms with E-state index in [4.69, 9.17) is 14.5 Å². The minimum Gasteiger partial charge on any atom is -0.494 e. The Labute approximate surface area is 212 Å². The highest BCUT2D eigenvalue weighted by Crippen LogP contribution is 2.27. The zero-order valence-electron chi connectivity index (χ0n) is 20.8. The molecule has 0 unspecified atom stereocenters. The first kappa shape index (κ1) is 24.7. The number of aryl methyl sites for hydroxylation is 1. The molecule has 0 spiro atoms. The first-order valence-electron chi connectivity index (χ1n) is 12.1. The lowest BCUT2D eigenvalue weighted by Gasteiger charge is -2.25. The zero-order valence-corrected chi connectivity index (χ0v) is 20.8. The molecule has 0 saturated heterocycles. The van der Waals surface area contributed by atoms with Crippen LogP contribution in [0.4, 0.5) is 11.4 Å². The number of carbonyl (C=O) groups is 1. The predicted molar refractivity (Wildman–Crippen MR) is 146 cm³/mol. The molecule has 0 fully saturated rings. The average molecular weight is 479 g/mol. The van der Waals surface area contributed by atoms with Crippen molar-refractivity contribution in [1.82, 2.24) is 0 Å². The van der Waals surface area contributed by atoms with Crippen LogP contribution in [0.5, 0.6) is 11.5 Å². The summed E-state index contributed by atoms with van der Waals surface area (Å²) in [6.07, 6.45) is 0. The van der Waals surface area contributed by atoms with Crippen molar-refractivity contribution in [2.45, 2.75) is 20.8 Å². The van der Waals surface area contributed by atoms with Gasteiger partial charge in [0.25, 0.3) is 5.91 Å². The van der Waals surface area contributed by atoms with E-state index in [0.29, 0.717) is 36.0 Å². The molecule has 182 valence electrons. The number of nitrogens with zero attached hydrogens (tertiary/aromatic N) is 2. The number of hydrogen-bond acceptors (Lipinski definition) is 4. The Bertz CT molecular complexity index is 1300. The number of amidine groups is 1. The van der Waals surface area contributed by atoms with Crippen LogP contribution in [0.1, 0.15) is 35.3 Å². The van der Waals surface area contributed by atoms with Gasteiger partial charge in [0.15, 0.2) is 0 Å². The number of ether oxygens (including phenoxy) is 2. The maximum absolute atomic E-state index is 14.0. The normalized spacial score (nSPS) is 11.1. The Hall–Kier alpha value is -4.38. The van der Waals surface area contributed by atoms with Gasteiger partial charge in [-0.1, -0.05) is 48.0 Å². The Morgan fingerprint density at radius 2 is 1.25 bits per heavy atom. The van der Waals surface area contributed by atoms with Gasteiger partial charge in [0, 0.05) is 11.1 Å². The lowest BCUT2D eigenvalue weighted by atomic mass is 10.1. The van der Waals surface area contributed by atoms with Gasteiger partial charge in [-0.3, -0.25) is 9.69 Å². The van der Waals surface area contributed by atoms with Crippen molar-refractivity contribution in [2.24, 2.45) is 4.99 Å². The van der Waals surface area contributed by atoms with E-state index in [-0.39, 0.29) is 5.91 Å². The molecule has 0 heterocycles. The molecule has 0 aromatic heterocycles. The summed E-state index contributed by atoms with van der Waals surface area (Å²) >= 11 is 0. The van der Waals surface area contributed by atoms with Gasteiger partial charge >= 0.3 is 0 Å². The van der Waals surface area contributed by atoms with Gasteiger partial charge < -0.3 is 9.47 Å². The van der Waals surface area contributed by atoms with Crippen LogP contribution in [-0.2, 0) is 0 Å². The van der Waals surface area contributed by atoms with E-state index in [2.05, 4.69) is 0 Å². The van der Waals surface area contributed by atoms with Crippen LogP contribution < -0.4 is 14.4 Å². The van der Waals surface area contributed by atoms with Crippen molar-refractivity contribution in [2.75, 3.05) is 18.1 Å². The number of anilines is 1. The summed E-state index contributed by atoms with van der Waals surface area (Å²) in [5.74, 6) is 1.87. The van der Waals surface area contributed by atoms with Crippen molar-refractivity contribution in [3.63, 3.8) is 0 Å². The number of benzene rings is 4. The second kappa shape index (κ2) is 11.8. The molecule has 0 aliphatic carbocycles. The standard InChI is InChI=1S/C31H30N2O3/c1-4-35-28-19-15-26(16-20-28)32-30(24-13-11-23(3)12-14-24)33(31(34)25-9-7-6-8-10-25)27-17-21-29(22-18-27)36-5-2/h6-22H,4-5H2,1-3H3. The maximum atomic E-state index is 14.0. The van der Waals surface area contributed by atoms with Crippen molar-refractivity contribution >= 4 is 23.1 Å². The molecule has 1 amide bonds. The van der Waals surface area contributed by atoms with Crippen molar-refractivity contribution in [1.29, 1.82) is 0 Å². The number of aliphatic imine (C=N–C) groups is 1. The van der Waals surface area contributed by atoms with Crippen molar-refractivity contribution < 1.29 is 14.3 Å². The lowest BCUT2D eigenvalue weighted by Crippen LogP contribution is -2.37. The van der Waals surface area contributed by atoms with E-state index in [1.807, 2.05) is 124 Å². The third-order valence-corrected chi connectivity index (χ3v) is 5.53. The second-order valence-electron chi connectivity index (χ2n) is 8.16. The fourth-order valence-electron chi connectivity index (χ4n) is 3.76. The molecule has 4 aromatic rings. The lowest BCUT2D eigenvalue weighted by molar-refractivity contribution is 0.100. The first-order chi connectivity index (χ1) is 17.6. The molecule has 0 N–H and O–H groups in total. The summed E-state index contributed by atoms with van der Waals surface area (Å²) in [5.41, 5.74) is 3.93. The summed E-state index contributed by atoms with van der Waals surface area (Å²) in [6, 6.07) is 32.3. The third-order valence-electron chi connectivity index (χ3n) is 5.53. The topological polar surface area (TPSA) is 51.1 Å². The highest BCUT2D eigenvalue weighted by molar-refractivity contribution is 6.28. The number of rotatable bonds is 8. The Morgan fingerprint density at radius 3 is 1.81 bits per heavy atom. The second-order valence-corrected chi connectivity index (χ2v) is 8.16. The van der Waals surface area contributed by atoms with Crippen LogP contribution in [-0.4, -0.2) is 25.0 Å². The molecule has 0 radical (unpaired) electrons. The molecule has 0 aliphatic rings. The molecule has 0 aliphatic heterocycles. The number of amides is 1.